The number of aromatic hydroxyl groups is 1. The van der Waals surface area contributed by atoms with Crippen molar-refractivity contribution in [3.8, 4) is 17.2 Å². The zero-order valence-electron chi connectivity index (χ0n) is 54.8. The van der Waals surface area contributed by atoms with E-state index < -0.39 is 101 Å². The minimum atomic E-state index is -2.11. The Balaban J connectivity index is 1.18. The maximum Gasteiger partial charge on any atom is 0.312 e. The number of ether oxygens (including phenoxy) is 5. The zero-order chi connectivity index (χ0) is 67.8. The Morgan fingerprint density at radius 2 is 1.62 bits per heavy atom. The number of benzene rings is 4. The van der Waals surface area contributed by atoms with Crippen molar-refractivity contribution in [2.24, 2.45) is 41.2 Å². The third kappa shape index (κ3) is 16.3. The van der Waals surface area contributed by atoms with Crippen molar-refractivity contribution in [1.29, 1.82) is 0 Å². The fourth-order valence-electron chi connectivity index (χ4n) is 11.9. The summed E-state index contributed by atoms with van der Waals surface area (Å²) in [6.45, 7) is 18.9. The number of likely N-dealkylation sites (N-methyl/N-ethyl adjacent to an activating group) is 1. The fraction of sp³-hybridized carbons (Fsp3) is 0.485. The van der Waals surface area contributed by atoms with Crippen LogP contribution in [0.3, 0.4) is 0 Å². The largest absolute Gasteiger partial charge is 0.505 e. The number of Topliss-reactive ketones (excluding diaryl/α,β-unsaturated/α-hetero) is 2. The Kier molecular flexibility index (Phi) is 22.8. The predicted octanol–water partition coefficient (Wildman–Crippen LogP) is 7.78. The summed E-state index contributed by atoms with van der Waals surface area (Å²) in [6.07, 6.45) is 3.88. The molecule has 0 saturated heterocycles. The number of ketones is 2. The van der Waals surface area contributed by atoms with Crippen molar-refractivity contribution in [2.45, 2.75) is 138 Å². The van der Waals surface area contributed by atoms with Crippen LogP contribution in [0.25, 0.3) is 33.0 Å². The third-order valence-electron chi connectivity index (χ3n) is 17.3. The van der Waals surface area contributed by atoms with Crippen LogP contribution < -0.4 is 41.9 Å². The van der Waals surface area contributed by atoms with Crippen molar-refractivity contribution < 1.29 is 81.5 Å². The second-order valence-electron chi connectivity index (χ2n) is 25.4. The van der Waals surface area contributed by atoms with Gasteiger partial charge in [0.05, 0.1) is 55.7 Å². The summed E-state index contributed by atoms with van der Waals surface area (Å²) < 4.78 is 37.4. The van der Waals surface area contributed by atoms with Gasteiger partial charge in [0.15, 0.2) is 28.1 Å². The van der Waals surface area contributed by atoms with Crippen LogP contribution in [0.5, 0.6) is 17.2 Å². The number of aliphatic hydroxyl groups is 2. The number of esters is 1. The Labute approximate surface area is 534 Å². The number of rotatable bonds is 19. The first-order valence-corrected chi connectivity index (χ1v) is 30.9. The summed E-state index contributed by atoms with van der Waals surface area (Å²) in [7, 11) is 5.48. The number of phenolic OH excluding ortho intramolecular Hbond substituents is 1. The van der Waals surface area contributed by atoms with Gasteiger partial charge in [-0.1, -0.05) is 71.9 Å². The number of primary amides is 1. The van der Waals surface area contributed by atoms with E-state index >= 15 is 0 Å². The molecule has 496 valence electrons. The molecule has 9 N–H and O–H groups in total. The SMILES string of the molecule is CO[C@H]1/C=C/O[C@@]2(C)Oc3c(C)c(=O)c4c(O)c(c5oc6cc(OCC[N+](C)(C)Cc7ccc(NC(=O)[C@H](CCCNC(N)=O)CC(=O)[C@@H](NC(C)=O)C(C)C)cc7)ccc6nc5c4c3C2=O)NC(=O)/C(C)=C\C=C\[C@H](C)[C@H](O)[C@@H](C)[C@@H](O)[C@@H](C)[C@H](OC(C)=O)[C@@H]1C. The number of nitrogens with one attached hydrogen (secondary N) is 4. The van der Waals surface area contributed by atoms with Crippen LogP contribution in [0.1, 0.15) is 110 Å². The van der Waals surface area contributed by atoms with Gasteiger partial charge in [0.1, 0.15) is 54.0 Å². The Morgan fingerprint density at radius 1 is 0.924 bits per heavy atom. The minimum absolute atomic E-state index is 0.0506. The van der Waals surface area contributed by atoms with E-state index in [-0.39, 0.29) is 111 Å². The molecule has 4 aromatic carbocycles. The number of methoxy groups -OCH3 is 1. The molecule has 0 spiro atoms. The van der Waals surface area contributed by atoms with E-state index in [1.54, 1.807) is 70.2 Å². The van der Waals surface area contributed by atoms with E-state index in [0.717, 1.165) is 5.56 Å². The summed E-state index contributed by atoms with van der Waals surface area (Å²) in [6, 6.07) is 10.8. The van der Waals surface area contributed by atoms with Gasteiger partial charge in [0.25, 0.3) is 11.7 Å². The van der Waals surface area contributed by atoms with E-state index in [9.17, 15) is 53.7 Å². The van der Waals surface area contributed by atoms with Gasteiger partial charge in [0, 0.05) is 104 Å². The van der Waals surface area contributed by atoms with E-state index in [0.29, 0.717) is 35.4 Å². The molecule has 0 saturated carbocycles. The highest BCUT2D eigenvalue weighted by atomic mass is 16.7. The maximum atomic E-state index is 15.0. The molecule has 2 aliphatic rings. The standard InChI is InChI=1S/C68H87N7O17/c1-34(2)54(71-41(9)76)48(78)31-44(19-16-27-70-67(69)86)66(85)72-45-22-20-43(21-23-45)33-75(12,13)28-30-88-46-24-25-47-50(32-46)91-63-55(73-47)51-52-59(81)40(8)62-53(51)64(83)68(11,92-62)89-29-26-49(87-14)37(5)61(90-42(10)77)39(7)58(80)38(6)57(79)35(3)17-15-18-36(4)65(84)74-56(63)60(52)82/h15,17-18,20-26,29,32,34-35,37-39,44,49,54,57-58,61,79-80H,16,19,27-28,30-31,33H2,1-14H3,(H6-,69,70,71,72,73,74,76,81,82,83,84,85,86)/p+1/b17-15+,29-26+,36-18-/t35-,37+,38+,39+,44+,49-,54-,57-,58+,61+,68-/m0/s1. The van der Waals surface area contributed by atoms with Crippen molar-refractivity contribution in [3.05, 3.63) is 106 Å². The highest BCUT2D eigenvalue weighted by Gasteiger charge is 2.50. The Hall–Kier alpha value is -8.71. The lowest BCUT2D eigenvalue weighted by Gasteiger charge is -2.38. The van der Waals surface area contributed by atoms with Crippen LogP contribution in [0.2, 0.25) is 0 Å². The molecule has 0 unspecified atom stereocenters. The average molecular weight is 1280 g/mol. The second kappa shape index (κ2) is 29.7. The lowest BCUT2D eigenvalue weighted by atomic mass is 9.78. The number of anilines is 2. The second-order valence-corrected chi connectivity index (χ2v) is 25.4. The molecule has 5 aromatic rings. The number of allylic oxidation sites excluding steroid dienone is 2. The molecule has 0 radical (unpaired) electrons. The van der Waals surface area contributed by atoms with Crippen LogP contribution in [-0.2, 0) is 44.7 Å². The Morgan fingerprint density at radius 3 is 2.26 bits per heavy atom. The van der Waals surface area contributed by atoms with Gasteiger partial charge in [-0.25, -0.2) is 9.78 Å². The molecule has 11 atom stereocenters. The third-order valence-corrected chi connectivity index (χ3v) is 17.3. The van der Waals surface area contributed by atoms with Gasteiger partial charge >= 0.3 is 17.8 Å². The molecule has 1 aromatic heterocycles. The molecule has 5 amide bonds. The number of phenols is 1. The molecule has 0 fully saturated rings. The predicted molar refractivity (Wildman–Crippen MR) is 345 cm³/mol. The van der Waals surface area contributed by atoms with Crippen LogP contribution in [0, 0.1) is 42.4 Å². The molecule has 2 aliphatic heterocycles. The number of nitrogens with zero attached hydrogens (tertiary/aromatic N) is 2. The number of fused-ring (bicyclic) bond motifs is 2. The molecule has 7 rings (SSSR count). The topological polar surface area (TPSA) is 344 Å². The fourth-order valence-corrected chi connectivity index (χ4v) is 11.9. The van der Waals surface area contributed by atoms with E-state index in [4.69, 9.17) is 38.8 Å². The number of carbonyl (C=O) groups excluding carboxylic acids is 7. The highest BCUT2D eigenvalue weighted by Crippen LogP contribution is 2.49. The molecule has 92 heavy (non-hydrogen) atoms. The summed E-state index contributed by atoms with van der Waals surface area (Å²) >= 11 is 0. The average Bonchev–Trinajstić information content (AvgIpc) is 1.38. The smallest absolute Gasteiger partial charge is 0.312 e. The van der Waals surface area contributed by atoms with Crippen molar-refractivity contribution >= 4 is 85.6 Å². The monoisotopic (exact) mass is 1270 g/mol. The molecular weight excluding hydrogens is 1190 g/mol. The molecule has 3 heterocycles. The first-order valence-electron chi connectivity index (χ1n) is 30.9. The number of quaternary nitrogens is 1. The highest BCUT2D eigenvalue weighted by molar-refractivity contribution is 6.26. The van der Waals surface area contributed by atoms with Crippen LogP contribution in [0.15, 0.2) is 87.8 Å². The van der Waals surface area contributed by atoms with Gasteiger partial charge in [-0.2, -0.15) is 0 Å². The molecule has 0 aliphatic carbocycles. The number of amides is 5. The van der Waals surface area contributed by atoms with Crippen molar-refractivity contribution in [1.82, 2.24) is 15.6 Å². The lowest BCUT2D eigenvalue weighted by molar-refractivity contribution is -0.903. The van der Waals surface area contributed by atoms with E-state index in [2.05, 4.69) is 21.3 Å². The maximum absolute atomic E-state index is 15.0. The normalized spacial score (nSPS) is 24.2. The number of aliphatic hydroxyl groups excluding tert-OH is 2. The first-order chi connectivity index (χ1) is 43.3. The summed E-state index contributed by atoms with van der Waals surface area (Å²) in [5.74, 6) is -9.31. The molecule has 4 bridgehead atoms. The quantitative estimate of drug-likeness (QED) is 0.00976. The van der Waals surface area contributed by atoms with E-state index in [1.165, 1.54) is 60.1 Å². The molecule has 24 heteroatoms. The van der Waals surface area contributed by atoms with Gasteiger partial charge in [-0.3, -0.25) is 33.6 Å². The zero-order valence-corrected chi connectivity index (χ0v) is 54.8. The summed E-state index contributed by atoms with van der Waals surface area (Å²) in [5, 5.41) is 45.9. The number of carbonyl (C=O) groups is 7. The number of urea groups is 1. The number of hydrogen-bond acceptors (Lipinski definition) is 18. The molecular formula is C68H88N7O17+. The van der Waals surface area contributed by atoms with Gasteiger partial charge < -0.3 is 74.9 Å². The number of hydrogen-bond donors (Lipinski definition) is 8. The van der Waals surface area contributed by atoms with Crippen molar-refractivity contribution in [3.63, 3.8) is 0 Å². The first kappa shape index (κ1) is 70.7. The molecule has 24 nitrogen and oxygen atoms in total. The van der Waals surface area contributed by atoms with E-state index in [1.807, 2.05) is 40.1 Å². The van der Waals surface area contributed by atoms with Crippen LogP contribution >= 0.6 is 0 Å². The van der Waals surface area contributed by atoms with Crippen LogP contribution in [0.4, 0.5) is 16.2 Å². The summed E-state index contributed by atoms with van der Waals surface area (Å²) in [5.41, 5.74) is 5.67. The Bertz CT molecular complexity index is 3780. The minimum Gasteiger partial charge on any atom is -0.505 e. The van der Waals surface area contributed by atoms with Gasteiger partial charge in [-0.05, 0) is 62.9 Å². The summed E-state index contributed by atoms with van der Waals surface area (Å²) in [4.78, 5) is 112. The number of aromatic nitrogens is 1. The number of nitrogens with two attached hydrogens (primary N) is 1. The van der Waals surface area contributed by atoms with Crippen LogP contribution in [-0.4, -0.2) is 143 Å². The van der Waals surface area contributed by atoms with Gasteiger partial charge in [0.2, 0.25) is 11.8 Å². The lowest BCUT2D eigenvalue weighted by Crippen LogP contribution is -2.46. The van der Waals surface area contributed by atoms with Crippen molar-refractivity contribution in [2.75, 3.05) is 51.5 Å². The van der Waals surface area contributed by atoms with Gasteiger partial charge in [-0.15, -0.1) is 0 Å².